The minimum Gasteiger partial charge on any atom is -0.465 e. The zero-order valence-electron chi connectivity index (χ0n) is 16.7. The van der Waals surface area contributed by atoms with Crippen molar-refractivity contribution in [1.82, 2.24) is 0 Å². The number of benzene rings is 2. The largest absolute Gasteiger partial charge is 0.465 e. The van der Waals surface area contributed by atoms with E-state index in [1.54, 1.807) is 36.4 Å². The highest BCUT2D eigenvalue weighted by Gasteiger charge is 2.36. The summed E-state index contributed by atoms with van der Waals surface area (Å²) < 4.78 is 9.74. The monoisotopic (exact) mass is 410 g/mol. The Morgan fingerprint density at radius 3 is 2.53 bits per heavy atom. The lowest BCUT2D eigenvalue weighted by Gasteiger charge is -2.16. The predicted molar refractivity (Wildman–Crippen MR) is 109 cm³/mol. The molecule has 8 heteroatoms. The molecule has 1 atom stereocenters. The standard InChI is InChI=1S/C22H22N2O6/c1-14-4-3-5-17(10-14)23-19(25)13-30-22(28)16-11-20(26)24(12-16)18-8-6-15(7-9-18)21(27)29-2/h3-10,16H,11-13H2,1-2H3,(H,23,25)/t16-/m1/s1. The van der Waals surface area contributed by atoms with Crippen molar-refractivity contribution in [3.63, 3.8) is 0 Å². The first-order valence-electron chi connectivity index (χ1n) is 9.39. The second-order valence-electron chi connectivity index (χ2n) is 6.97. The SMILES string of the molecule is COC(=O)c1ccc(N2C[C@H](C(=O)OCC(=O)Nc3cccc(C)c3)CC2=O)cc1. The summed E-state index contributed by atoms with van der Waals surface area (Å²) in [6, 6.07) is 13.6. The van der Waals surface area contributed by atoms with E-state index in [-0.39, 0.29) is 18.9 Å². The van der Waals surface area contributed by atoms with Gasteiger partial charge in [-0.05, 0) is 48.9 Å². The van der Waals surface area contributed by atoms with Gasteiger partial charge in [-0.2, -0.15) is 0 Å². The van der Waals surface area contributed by atoms with Gasteiger partial charge in [-0.15, -0.1) is 0 Å². The second kappa shape index (κ2) is 9.21. The number of carbonyl (C=O) groups excluding carboxylic acids is 4. The normalized spacial score (nSPS) is 15.6. The summed E-state index contributed by atoms with van der Waals surface area (Å²) in [4.78, 5) is 49.6. The number of nitrogens with one attached hydrogen (secondary N) is 1. The van der Waals surface area contributed by atoms with Gasteiger partial charge in [0.15, 0.2) is 6.61 Å². The number of esters is 2. The van der Waals surface area contributed by atoms with Crippen molar-refractivity contribution in [3.8, 4) is 0 Å². The fourth-order valence-electron chi connectivity index (χ4n) is 3.18. The first-order chi connectivity index (χ1) is 14.4. The third-order valence-corrected chi connectivity index (χ3v) is 4.71. The Balaban J connectivity index is 1.53. The fourth-order valence-corrected chi connectivity index (χ4v) is 3.18. The van der Waals surface area contributed by atoms with Crippen LogP contribution in [0.3, 0.4) is 0 Å². The molecule has 1 fully saturated rings. The quantitative estimate of drug-likeness (QED) is 0.734. The zero-order chi connectivity index (χ0) is 21.7. The first-order valence-corrected chi connectivity index (χ1v) is 9.39. The summed E-state index contributed by atoms with van der Waals surface area (Å²) in [5.74, 6) is -2.42. The molecule has 1 saturated heterocycles. The molecule has 30 heavy (non-hydrogen) atoms. The summed E-state index contributed by atoms with van der Waals surface area (Å²) in [5.41, 5.74) is 2.55. The molecule has 8 nitrogen and oxygen atoms in total. The van der Waals surface area contributed by atoms with Crippen molar-refractivity contribution in [3.05, 3.63) is 59.7 Å². The molecule has 2 amide bonds. The number of aryl methyl sites for hydroxylation is 1. The first kappa shape index (κ1) is 21.0. The Kier molecular flexibility index (Phi) is 6.46. The lowest BCUT2D eigenvalue weighted by atomic mass is 10.1. The molecule has 0 aliphatic carbocycles. The van der Waals surface area contributed by atoms with Gasteiger partial charge in [0, 0.05) is 24.3 Å². The van der Waals surface area contributed by atoms with Crippen LogP contribution in [0.1, 0.15) is 22.3 Å². The molecule has 1 aliphatic rings. The van der Waals surface area contributed by atoms with Crippen molar-refractivity contribution in [2.45, 2.75) is 13.3 Å². The second-order valence-corrected chi connectivity index (χ2v) is 6.97. The molecule has 0 radical (unpaired) electrons. The Bertz CT molecular complexity index is 970. The average Bonchev–Trinajstić information content (AvgIpc) is 3.13. The summed E-state index contributed by atoms with van der Waals surface area (Å²) >= 11 is 0. The lowest BCUT2D eigenvalue weighted by molar-refractivity contribution is -0.151. The molecular formula is C22H22N2O6. The number of carbonyl (C=O) groups is 4. The maximum absolute atomic E-state index is 12.3. The molecule has 0 bridgehead atoms. The molecule has 2 aromatic rings. The number of nitrogens with zero attached hydrogens (tertiary/aromatic N) is 1. The predicted octanol–water partition coefficient (Wildman–Crippen LogP) is 2.32. The number of rotatable bonds is 6. The molecular weight excluding hydrogens is 388 g/mol. The van der Waals surface area contributed by atoms with E-state index in [0.29, 0.717) is 16.9 Å². The van der Waals surface area contributed by atoms with Crippen LogP contribution in [0, 0.1) is 12.8 Å². The Morgan fingerprint density at radius 1 is 1.13 bits per heavy atom. The number of hydrogen-bond acceptors (Lipinski definition) is 6. The number of anilines is 2. The number of hydrogen-bond donors (Lipinski definition) is 1. The molecule has 1 aliphatic heterocycles. The van der Waals surface area contributed by atoms with E-state index >= 15 is 0 Å². The summed E-state index contributed by atoms with van der Waals surface area (Å²) in [6.07, 6.45) is -0.00289. The van der Waals surface area contributed by atoms with Crippen LogP contribution in [0.25, 0.3) is 0 Å². The van der Waals surface area contributed by atoms with Crippen LogP contribution in [0.5, 0.6) is 0 Å². The van der Waals surface area contributed by atoms with E-state index in [1.807, 2.05) is 19.1 Å². The van der Waals surface area contributed by atoms with Crippen LogP contribution in [-0.4, -0.2) is 44.0 Å². The molecule has 0 saturated carbocycles. The molecule has 3 rings (SSSR count). The Labute approximate surface area is 173 Å². The van der Waals surface area contributed by atoms with Gasteiger partial charge >= 0.3 is 11.9 Å². The minimum atomic E-state index is -0.662. The third-order valence-electron chi connectivity index (χ3n) is 4.71. The Morgan fingerprint density at radius 2 is 1.87 bits per heavy atom. The van der Waals surface area contributed by atoms with Crippen LogP contribution < -0.4 is 10.2 Å². The van der Waals surface area contributed by atoms with E-state index in [1.165, 1.54) is 12.0 Å². The van der Waals surface area contributed by atoms with Crippen LogP contribution >= 0.6 is 0 Å². The summed E-state index contributed by atoms with van der Waals surface area (Å²) in [7, 11) is 1.29. The van der Waals surface area contributed by atoms with Gasteiger partial charge in [-0.3, -0.25) is 14.4 Å². The van der Waals surface area contributed by atoms with Crippen LogP contribution in [-0.2, 0) is 23.9 Å². The highest BCUT2D eigenvalue weighted by atomic mass is 16.5. The van der Waals surface area contributed by atoms with Crippen LogP contribution in [0.4, 0.5) is 11.4 Å². The smallest absolute Gasteiger partial charge is 0.337 e. The van der Waals surface area contributed by atoms with Crippen molar-refractivity contribution >= 4 is 35.1 Å². The fraction of sp³-hybridized carbons (Fsp3) is 0.273. The number of amides is 2. The van der Waals surface area contributed by atoms with Crippen molar-refractivity contribution in [2.75, 3.05) is 30.5 Å². The van der Waals surface area contributed by atoms with Crippen molar-refractivity contribution in [2.24, 2.45) is 5.92 Å². The van der Waals surface area contributed by atoms with E-state index in [9.17, 15) is 19.2 Å². The molecule has 0 spiro atoms. The molecule has 2 aromatic carbocycles. The van der Waals surface area contributed by atoms with Crippen molar-refractivity contribution in [1.29, 1.82) is 0 Å². The third kappa shape index (κ3) is 5.02. The molecule has 156 valence electrons. The van der Waals surface area contributed by atoms with Gasteiger partial charge in [0.25, 0.3) is 5.91 Å². The highest BCUT2D eigenvalue weighted by molar-refractivity contribution is 6.00. The lowest BCUT2D eigenvalue weighted by Crippen LogP contribution is -2.28. The average molecular weight is 410 g/mol. The highest BCUT2D eigenvalue weighted by Crippen LogP contribution is 2.26. The van der Waals surface area contributed by atoms with Gasteiger partial charge < -0.3 is 19.7 Å². The number of ether oxygens (including phenoxy) is 2. The van der Waals surface area contributed by atoms with Gasteiger partial charge in [0.05, 0.1) is 18.6 Å². The Hall–Kier alpha value is -3.68. The number of methoxy groups -OCH3 is 1. The summed E-state index contributed by atoms with van der Waals surface area (Å²) in [6.45, 7) is 1.63. The summed E-state index contributed by atoms with van der Waals surface area (Å²) in [5, 5.41) is 2.66. The van der Waals surface area contributed by atoms with Crippen LogP contribution in [0.15, 0.2) is 48.5 Å². The van der Waals surface area contributed by atoms with Crippen LogP contribution in [0.2, 0.25) is 0 Å². The van der Waals surface area contributed by atoms with Crippen molar-refractivity contribution < 1.29 is 28.7 Å². The molecule has 0 aromatic heterocycles. The molecule has 1 heterocycles. The topological polar surface area (TPSA) is 102 Å². The van der Waals surface area contributed by atoms with Gasteiger partial charge in [0.1, 0.15) is 0 Å². The zero-order valence-corrected chi connectivity index (χ0v) is 16.7. The van der Waals surface area contributed by atoms with Gasteiger partial charge in [-0.1, -0.05) is 12.1 Å². The molecule has 1 N–H and O–H groups in total. The van der Waals surface area contributed by atoms with E-state index < -0.39 is 30.4 Å². The van der Waals surface area contributed by atoms with Gasteiger partial charge in [0.2, 0.25) is 5.91 Å². The van der Waals surface area contributed by atoms with E-state index in [0.717, 1.165) is 5.56 Å². The maximum Gasteiger partial charge on any atom is 0.337 e. The maximum atomic E-state index is 12.3. The van der Waals surface area contributed by atoms with E-state index in [4.69, 9.17) is 4.74 Å². The molecule has 0 unspecified atom stereocenters. The van der Waals surface area contributed by atoms with E-state index in [2.05, 4.69) is 10.1 Å². The minimum absolute atomic E-state index is 0.00289. The van der Waals surface area contributed by atoms with Gasteiger partial charge in [-0.25, -0.2) is 4.79 Å².